The van der Waals surface area contributed by atoms with E-state index in [2.05, 4.69) is 40.0 Å². The van der Waals surface area contributed by atoms with Crippen LogP contribution in [0.15, 0.2) is 92.8 Å². The Kier molecular flexibility index (Phi) is 9.96. The largest absolute Gasteiger partial charge is 0.507 e. The van der Waals surface area contributed by atoms with Gasteiger partial charge in [-0.2, -0.15) is 36.9 Å². The number of azo groups is 1. The van der Waals surface area contributed by atoms with E-state index in [-0.39, 0.29) is 55.7 Å². The fourth-order valence-corrected chi connectivity index (χ4v) is 6.60. The molecule has 0 amide bonds. The van der Waals surface area contributed by atoms with Gasteiger partial charge in [0, 0.05) is 16.8 Å². The highest BCUT2D eigenvalue weighted by Crippen LogP contribution is 2.41. The number of hydrogen-bond donors (Lipinski definition) is 6. The quantitative estimate of drug-likeness (QED) is 0.0572. The van der Waals surface area contributed by atoms with Gasteiger partial charge < -0.3 is 21.5 Å². The summed E-state index contributed by atoms with van der Waals surface area (Å²) in [5, 5.41) is 24.2. The average Bonchev–Trinajstić information content (AvgIpc) is 3.00. The molecule has 0 saturated heterocycles. The molecule has 1 aromatic heterocycles. The molecule has 0 bridgehead atoms. The first-order valence-electron chi connectivity index (χ1n) is 13.4. The average molecular weight is 751 g/mol. The minimum absolute atomic E-state index is 0.00118. The predicted molar refractivity (Wildman–Crippen MR) is 178 cm³/mol. The number of nitrogens with two attached hydrogens (primary N) is 1. The Morgan fingerprint density at radius 2 is 1.41 bits per heavy atom. The molecule has 22 heteroatoms. The molecule has 0 radical (unpaired) electrons. The van der Waals surface area contributed by atoms with E-state index in [0.29, 0.717) is 11.4 Å². The van der Waals surface area contributed by atoms with E-state index in [0.717, 1.165) is 6.07 Å². The normalized spacial score (nSPS) is 12.4. The molecule has 0 fully saturated rings. The van der Waals surface area contributed by atoms with E-state index in [4.69, 9.17) is 21.9 Å². The monoisotopic (exact) mass is 750 g/mol. The van der Waals surface area contributed by atoms with Crippen LogP contribution in [-0.4, -0.2) is 66.8 Å². The number of sulfone groups is 1. The van der Waals surface area contributed by atoms with Gasteiger partial charge in [-0.15, -0.1) is 5.11 Å². The third-order valence-corrected chi connectivity index (χ3v) is 9.64. The molecule has 5 rings (SSSR count). The zero-order chi connectivity index (χ0) is 35.6. The Balaban J connectivity index is 1.29. The molecular formula is C27H23ClN8O10S3. The van der Waals surface area contributed by atoms with E-state index < -0.39 is 47.6 Å². The first-order valence-corrected chi connectivity index (χ1v) is 18.3. The number of phenols is 1. The van der Waals surface area contributed by atoms with Crippen molar-refractivity contribution < 1.29 is 43.6 Å². The molecule has 7 N–H and O–H groups in total. The number of fused-ring (bicyclic) bond motifs is 1. The second kappa shape index (κ2) is 13.8. The Bertz CT molecular complexity index is 2410. The van der Waals surface area contributed by atoms with Crippen LogP contribution < -0.4 is 16.4 Å². The van der Waals surface area contributed by atoms with E-state index in [1.807, 2.05) is 0 Å². The SMILES string of the molecule is Nc1c(N=Nc2ccc(Nc3nc(Cl)nc(Nc4ccc(S(=O)(=O)CCOS(=O)(=O)O)cc4)n3)cc2)c(S(=O)(=O)O)cc2cccc(O)c12. The molecule has 1 heterocycles. The highest BCUT2D eigenvalue weighted by molar-refractivity contribution is 7.91. The van der Waals surface area contributed by atoms with Crippen LogP contribution in [0.1, 0.15) is 0 Å². The zero-order valence-corrected chi connectivity index (χ0v) is 27.7. The summed E-state index contributed by atoms with van der Waals surface area (Å²) < 4.78 is 92.7. The van der Waals surface area contributed by atoms with Crippen molar-refractivity contribution in [1.82, 2.24) is 15.0 Å². The lowest BCUT2D eigenvalue weighted by molar-refractivity contribution is 0.284. The number of anilines is 5. The van der Waals surface area contributed by atoms with Gasteiger partial charge in [0.05, 0.1) is 28.6 Å². The molecule has 5 aromatic rings. The van der Waals surface area contributed by atoms with Crippen molar-refractivity contribution in [2.45, 2.75) is 9.79 Å². The van der Waals surface area contributed by atoms with Crippen molar-refractivity contribution in [2.75, 3.05) is 28.7 Å². The lowest BCUT2D eigenvalue weighted by Gasteiger charge is -2.11. The maximum absolute atomic E-state index is 12.4. The number of aromatic hydroxyl groups is 1. The Morgan fingerprint density at radius 3 is 1.98 bits per heavy atom. The second-order valence-corrected chi connectivity index (χ2v) is 14.8. The molecule has 0 saturated carbocycles. The van der Waals surface area contributed by atoms with Crippen LogP contribution in [0.3, 0.4) is 0 Å². The molecule has 0 aliphatic rings. The molecule has 0 aliphatic carbocycles. The molecule has 18 nitrogen and oxygen atoms in total. The lowest BCUT2D eigenvalue weighted by Crippen LogP contribution is -2.15. The number of nitrogens with one attached hydrogen (secondary N) is 2. The summed E-state index contributed by atoms with van der Waals surface area (Å²) in [5.74, 6) is -0.884. The fourth-order valence-electron chi connectivity index (χ4n) is 4.28. The van der Waals surface area contributed by atoms with Gasteiger partial charge in [-0.05, 0) is 77.7 Å². The van der Waals surface area contributed by atoms with E-state index >= 15 is 0 Å². The number of nitrogens with zero attached hydrogens (tertiary/aromatic N) is 5. The molecule has 49 heavy (non-hydrogen) atoms. The fraction of sp³-hybridized carbons (Fsp3) is 0.0741. The van der Waals surface area contributed by atoms with Crippen LogP contribution >= 0.6 is 11.6 Å². The Labute approximate surface area is 283 Å². The summed E-state index contributed by atoms with van der Waals surface area (Å²) in [5.41, 5.74) is 6.66. The first-order chi connectivity index (χ1) is 23.0. The molecule has 0 unspecified atom stereocenters. The van der Waals surface area contributed by atoms with Crippen LogP contribution in [0.25, 0.3) is 10.8 Å². The summed E-state index contributed by atoms with van der Waals surface area (Å²) in [6.07, 6.45) is 0. The standard InChI is InChI=1S/C27H23ClN8O10S3/c28-25-32-26(34-27(33-25)31-17-8-10-19(11-9-17)47(38,39)13-12-46-49(43,44)45)30-16-4-6-18(7-5-16)35-36-24-21(48(40,41)42)14-15-2-1-3-20(37)22(15)23(24)29/h1-11,14,37H,12-13,29H2,(H,40,41,42)(H,43,44,45)(H2,30,31,32,33,34). The summed E-state index contributed by atoms with van der Waals surface area (Å²) in [6, 6.07) is 17.0. The van der Waals surface area contributed by atoms with E-state index in [1.54, 1.807) is 12.1 Å². The van der Waals surface area contributed by atoms with Crippen LogP contribution in [0.4, 0.5) is 40.3 Å². The minimum atomic E-state index is -4.78. The number of aromatic nitrogens is 3. The maximum atomic E-state index is 12.4. The summed E-state index contributed by atoms with van der Waals surface area (Å²) in [4.78, 5) is 11.5. The summed E-state index contributed by atoms with van der Waals surface area (Å²) >= 11 is 6.07. The first kappa shape index (κ1) is 35.3. The van der Waals surface area contributed by atoms with Gasteiger partial charge in [-0.3, -0.25) is 9.11 Å². The third-order valence-electron chi connectivity index (χ3n) is 6.45. The highest BCUT2D eigenvalue weighted by atomic mass is 35.5. The maximum Gasteiger partial charge on any atom is 0.397 e. The van der Waals surface area contributed by atoms with Crippen LogP contribution in [0.5, 0.6) is 5.75 Å². The number of benzene rings is 4. The van der Waals surface area contributed by atoms with Gasteiger partial charge in [-0.1, -0.05) is 12.1 Å². The van der Waals surface area contributed by atoms with Crippen LogP contribution in [0, 0.1) is 0 Å². The smallest absolute Gasteiger partial charge is 0.397 e. The van der Waals surface area contributed by atoms with Gasteiger partial charge >= 0.3 is 10.4 Å². The summed E-state index contributed by atoms with van der Waals surface area (Å²) in [7, 11) is -13.5. The van der Waals surface area contributed by atoms with Gasteiger partial charge in [0.1, 0.15) is 16.3 Å². The van der Waals surface area contributed by atoms with Gasteiger partial charge in [-0.25, -0.2) is 12.6 Å². The third kappa shape index (κ3) is 8.91. The number of phenolic OH excluding ortho intramolecular Hbond substituents is 1. The van der Waals surface area contributed by atoms with Crippen molar-refractivity contribution in [3.05, 3.63) is 78.1 Å². The predicted octanol–water partition coefficient (Wildman–Crippen LogP) is 4.71. The number of rotatable bonds is 12. The second-order valence-electron chi connectivity index (χ2n) is 9.83. The van der Waals surface area contributed by atoms with Crippen molar-refractivity contribution >= 4 is 93.1 Å². The molecule has 0 spiro atoms. The zero-order valence-electron chi connectivity index (χ0n) is 24.5. The molecule has 0 aliphatic heterocycles. The van der Waals surface area contributed by atoms with E-state index in [9.17, 15) is 34.9 Å². The molecule has 0 atom stereocenters. The Hall–Kier alpha value is -5.03. The van der Waals surface area contributed by atoms with E-state index in [1.165, 1.54) is 54.6 Å². The Morgan fingerprint density at radius 1 is 0.816 bits per heavy atom. The number of halogens is 1. The molecule has 4 aromatic carbocycles. The lowest BCUT2D eigenvalue weighted by atomic mass is 10.1. The van der Waals surface area contributed by atoms with Gasteiger partial charge in [0.2, 0.25) is 17.2 Å². The summed E-state index contributed by atoms with van der Waals surface area (Å²) in [6.45, 7) is -0.766. The highest BCUT2D eigenvalue weighted by Gasteiger charge is 2.22. The van der Waals surface area contributed by atoms with Crippen LogP contribution in [0.2, 0.25) is 5.28 Å². The molecular weight excluding hydrogens is 728 g/mol. The number of hydrogen-bond acceptors (Lipinski definition) is 16. The molecule has 256 valence electrons. The minimum Gasteiger partial charge on any atom is -0.507 e. The van der Waals surface area contributed by atoms with Crippen molar-refractivity contribution in [3.63, 3.8) is 0 Å². The van der Waals surface area contributed by atoms with Gasteiger partial charge in [0.25, 0.3) is 10.1 Å². The van der Waals surface area contributed by atoms with Crippen molar-refractivity contribution in [1.29, 1.82) is 0 Å². The van der Waals surface area contributed by atoms with Gasteiger partial charge in [0.15, 0.2) is 9.84 Å². The number of nitrogen functional groups attached to an aromatic ring is 1. The van der Waals surface area contributed by atoms with Crippen molar-refractivity contribution in [3.8, 4) is 5.75 Å². The topological polar surface area (TPSA) is 286 Å². The van der Waals surface area contributed by atoms with Crippen molar-refractivity contribution in [2.24, 2.45) is 10.2 Å². The van der Waals surface area contributed by atoms with Crippen LogP contribution in [-0.2, 0) is 34.5 Å².